The van der Waals surface area contributed by atoms with Gasteiger partial charge in [0.05, 0.1) is 6.61 Å². The molecule has 23 heavy (non-hydrogen) atoms. The summed E-state index contributed by atoms with van der Waals surface area (Å²) in [6.45, 7) is 6.17. The molecule has 6 heteroatoms. The zero-order chi connectivity index (χ0) is 17.0. The Balaban J connectivity index is 2.16. The summed E-state index contributed by atoms with van der Waals surface area (Å²) < 4.78 is 21.6. The highest BCUT2D eigenvalue weighted by molar-refractivity contribution is 7.46. The van der Waals surface area contributed by atoms with Crippen molar-refractivity contribution >= 4 is 7.82 Å². The zero-order valence-electron chi connectivity index (χ0n) is 13.4. The van der Waals surface area contributed by atoms with E-state index in [-0.39, 0.29) is 5.75 Å². The maximum Gasteiger partial charge on any atom is 0.524 e. The Morgan fingerprint density at radius 1 is 1.00 bits per heavy atom. The van der Waals surface area contributed by atoms with Crippen molar-refractivity contribution in [2.24, 2.45) is 0 Å². The van der Waals surface area contributed by atoms with Crippen LogP contribution in [-0.2, 0) is 11.0 Å². The number of phosphoric ester groups is 1. The van der Waals surface area contributed by atoms with Crippen LogP contribution in [0.4, 0.5) is 0 Å². The number of hydrogen-bond donors (Lipinski definition) is 2. The van der Waals surface area contributed by atoms with Gasteiger partial charge < -0.3 is 9.26 Å². The van der Waals surface area contributed by atoms with E-state index in [1.54, 1.807) is 13.0 Å². The smallest absolute Gasteiger partial charge is 0.493 e. The molecule has 0 unspecified atom stereocenters. The van der Waals surface area contributed by atoms with Crippen molar-refractivity contribution in [1.82, 2.24) is 0 Å². The molecule has 2 rings (SSSR count). The van der Waals surface area contributed by atoms with Gasteiger partial charge in [-0.05, 0) is 61.2 Å². The second-order valence-corrected chi connectivity index (χ2v) is 6.57. The summed E-state index contributed by atoms with van der Waals surface area (Å²) in [5, 5.41) is 0. The maximum absolute atomic E-state index is 11.1. The minimum atomic E-state index is -4.57. The van der Waals surface area contributed by atoms with Gasteiger partial charge in [0.15, 0.2) is 0 Å². The predicted octanol–water partition coefficient (Wildman–Crippen LogP) is 3.70. The van der Waals surface area contributed by atoms with Gasteiger partial charge in [0, 0.05) is 6.42 Å². The monoisotopic (exact) mass is 336 g/mol. The summed E-state index contributed by atoms with van der Waals surface area (Å²) in [7, 11) is -4.57. The van der Waals surface area contributed by atoms with E-state index < -0.39 is 7.82 Å². The topological polar surface area (TPSA) is 76.0 Å². The molecule has 0 radical (unpaired) electrons. The van der Waals surface area contributed by atoms with E-state index in [4.69, 9.17) is 19.0 Å². The summed E-state index contributed by atoms with van der Waals surface area (Å²) in [6.07, 6.45) is 0.624. The van der Waals surface area contributed by atoms with Crippen molar-refractivity contribution in [3.05, 3.63) is 58.7 Å². The summed E-state index contributed by atoms with van der Waals surface area (Å²) in [5.41, 5.74) is 3.73. The average Bonchev–Trinajstić information content (AvgIpc) is 2.49. The highest BCUT2D eigenvalue weighted by Crippen LogP contribution is 2.41. The van der Waals surface area contributed by atoms with Gasteiger partial charge in [0.1, 0.15) is 11.5 Å². The molecule has 0 aliphatic heterocycles. The van der Waals surface area contributed by atoms with Gasteiger partial charge in [-0.15, -0.1) is 0 Å². The molecule has 0 heterocycles. The molecule has 0 saturated carbocycles. The number of hydrogen-bond acceptors (Lipinski definition) is 3. The van der Waals surface area contributed by atoms with Gasteiger partial charge >= 0.3 is 7.82 Å². The first-order valence-corrected chi connectivity index (χ1v) is 8.83. The van der Waals surface area contributed by atoms with Crippen LogP contribution >= 0.6 is 7.82 Å². The van der Waals surface area contributed by atoms with E-state index in [1.807, 2.05) is 44.2 Å². The molecular weight excluding hydrogens is 315 g/mol. The van der Waals surface area contributed by atoms with Crippen molar-refractivity contribution < 1.29 is 23.6 Å². The van der Waals surface area contributed by atoms with Crippen LogP contribution in [0, 0.1) is 20.8 Å². The van der Waals surface area contributed by atoms with Gasteiger partial charge in [-0.2, -0.15) is 0 Å². The van der Waals surface area contributed by atoms with Gasteiger partial charge in [-0.25, -0.2) is 4.57 Å². The molecule has 2 aromatic carbocycles. The summed E-state index contributed by atoms with van der Waals surface area (Å²) in [4.78, 5) is 18.1. The van der Waals surface area contributed by atoms with Crippen LogP contribution in [0.3, 0.4) is 0 Å². The molecule has 0 saturated heterocycles. The van der Waals surface area contributed by atoms with Crippen LogP contribution in [0.1, 0.15) is 22.3 Å². The summed E-state index contributed by atoms with van der Waals surface area (Å²) in [5.74, 6) is 1.01. The third kappa shape index (κ3) is 4.83. The molecule has 0 atom stereocenters. The first-order valence-electron chi connectivity index (χ1n) is 7.30. The largest absolute Gasteiger partial charge is 0.524 e. The quantitative estimate of drug-likeness (QED) is 0.787. The van der Waals surface area contributed by atoms with Crippen molar-refractivity contribution in [1.29, 1.82) is 0 Å². The SMILES string of the molecule is Cc1c(CCOc2ccccc2)cc(OP(=O)(O)O)c(C)c1C. The standard InChI is InChI=1S/C17H21O5P/c1-12-13(2)15(9-10-21-16-7-5-4-6-8-16)11-17(14(12)3)22-23(18,19)20/h4-8,11H,9-10H2,1-3H3,(H2,18,19,20). The molecule has 0 bridgehead atoms. The second kappa shape index (κ2) is 7.18. The summed E-state index contributed by atoms with van der Waals surface area (Å²) >= 11 is 0. The molecule has 5 nitrogen and oxygen atoms in total. The molecule has 2 aromatic rings. The first-order chi connectivity index (χ1) is 10.8. The van der Waals surface area contributed by atoms with Gasteiger partial charge in [-0.1, -0.05) is 18.2 Å². The van der Waals surface area contributed by atoms with Gasteiger partial charge in [0.2, 0.25) is 0 Å². The normalized spacial score (nSPS) is 11.3. The Kier molecular flexibility index (Phi) is 5.47. The Hall–Kier alpha value is -1.81. The molecule has 0 fully saturated rings. The van der Waals surface area contributed by atoms with E-state index >= 15 is 0 Å². The van der Waals surface area contributed by atoms with Crippen molar-refractivity contribution in [2.45, 2.75) is 27.2 Å². The Bertz CT molecular complexity index is 722. The van der Waals surface area contributed by atoms with E-state index in [0.29, 0.717) is 13.0 Å². The molecule has 0 spiro atoms. The molecule has 0 aliphatic rings. The lowest BCUT2D eigenvalue weighted by Crippen LogP contribution is -2.05. The zero-order valence-corrected chi connectivity index (χ0v) is 14.3. The molecule has 124 valence electrons. The fraction of sp³-hybridized carbons (Fsp3) is 0.294. The van der Waals surface area contributed by atoms with E-state index in [2.05, 4.69) is 0 Å². The lowest BCUT2D eigenvalue weighted by Gasteiger charge is -2.17. The first kappa shape index (κ1) is 17.5. The minimum absolute atomic E-state index is 0.219. The lowest BCUT2D eigenvalue weighted by atomic mass is 9.96. The van der Waals surface area contributed by atoms with Crippen LogP contribution in [0.25, 0.3) is 0 Å². The second-order valence-electron chi connectivity index (χ2n) is 5.40. The van der Waals surface area contributed by atoms with Crippen LogP contribution in [0.5, 0.6) is 11.5 Å². The third-order valence-corrected chi connectivity index (χ3v) is 4.32. The molecular formula is C17H21O5P. The number of para-hydroxylation sites is 1. The van der Waals surface area contributed by atoms with Crippen molar-refractivity contribution in [3.8, 4) is 11.5 Å². The molecule has 2 N–H and O–H groups in total. The van der Waals surface area contributed by atoms with Gasteiger partial charge in [0.25, 0.3) is 0 Å². The van der Waals surface area contributed by atoms with Crippen LogP contribution in [-0.4, -0.2) is 16.4 Å². The van der Waals surface area contributed by atoms with Gasteiger partial charge in [-0.3, -0.25) is 9.79 Å². The van der Waals surface area contributed by atoms with Crippen molar-refractivity contribution in [2.75, 3.05) is 6.61 Å². The number of benzene rings is 2. The van der Waals surface area contributed by atoms with E-state index in [0.717, 1.165) is 28.0 Å². The predicted molar refractivity (Wildman–Crippen MR) is 89.0 cm³/mol. The lowest BCUT2D eigenvalue weighted by molar-refractivity contribution is 0.282. The molecule has 0 aliphatic carbocycles. The highest BCUT2D eigenvalue weighted by Gasteiger charge is 2.20. The van der Waals surface area contributed by atoms with Crippen LogP contribution in [0.2, 0.25) is 0 Å². The van der Waals surface area contributed by atoms with E-state index in [1.165, 1.54) is 0 Å². The van der Waals surface area contributed by atoms with Crippen LogP contribution < -0.4 is 9.26 Å². The van der Waals surface area contributed by atoms with Crippen molar-refractivity contribution in [3.63, 3.8) is 0 Å². The molecule has 0 aromatic heterocycles. The fourth-order valence-electron chi connectivity index (χ4n) is 2.36. The Morgan fingerprint density at radius 3 is 2.26 bits per heavy atom. The molecule has 0 amide bonds. The number of ether oxygens (including phenoxy) is 1. The van der Waals surface area contributed by atoms with E-state index in [9.17, 15) is 4.57 Å². The fourth-order valence-corrected chi connectivity index (χ4v) is 2.81. The summed E-state index contributed by atoms with van der Waals surface area (Å²) in [6, 6.07) is 11.2. The Labute approximate surface area is 136 Å². The third-order valence-electron chi connectivity index (χ3n) is 3.88. The number of phosphoric acid groups is 1. The minimum Gasteiger partial charge on any atom is -0.493 e. The maximum atomic E-state index is 11.1. The number of rotatable bonds is 6. The van der Waals surface area contributed by atoms with Crippen LogP contribution in [0.15, 0.2) is 36.4 Å². The Morgan fingerprint density at radius 2 is 1.65 bits per heavy atom. The highest BCUT2D eigenvalue weighted by atomic mass is 31.2. The average molecular weight is 336 g/mol.